The Bertz CT molecular complexity index is 1250. The first-order valence-corrected chi connectivity index (χ1v) is 10.0. The minimum absolute atomic E-state index is 0.207. The number of aromatic hydroxyl groups is 1. The first-order chi connectivity index (χ1) is 14.6. The van der Waals surface area contributed by atoms with Crippen LogP contribution in [0.2, 0.25) is 0 Å². The van der Waals surface area contributed by atoms with E-state index in [4.69, 9.17) is 4.74 Å². The smallest absolute Gasteiger partial charge is 0.283 e. The third kappa shape index (κ3) is 3.88. The van der Waals surface area contributed by atoms with Gasteiger partial charge in [0.25, 0.3) is 5.91 Å². The van der Waals surface area contributed by atoms with Crippen molar-refractivity contribution in [1.29, 1.82) is 0 Å². The Labute approximate surface area is 177 Å². The monoisotopic (exact) mass is 417 g/mol. The van der Waals surface area contributed by atoms with Gasteiger partial charge >= 0.3 is 0 Å². The maximum absolute atomic E-state index is 12.6. The minimum atomic E-state index is -0.316. The van der Waals surface area contributed by atoms with Crippen molar-refractivity contribution >= 4 is 34.2 Å². The van der Waals surface area contributed by atoms with Gasteiger partial charge < -0.3 is 9.84 Å². The lowest BCUT2D eigenvalue weighted by Crippen LogP contribution is -2.17. The number of benzene rings is 3. The molecule has 1 heterocycles. The van der Waals surface area contributed by atoms with Crippen LogP contribution in [0.4, 0.5) is 0 Å². The lowest BCUT2D eigenvalue weighted by atomic mass is 10.0. The Morgan fingerprint density at radius 2 is 1.83 bits per heavy atom. The molecule has 0 atom stereocenters. The molecule has 30 heavy (non-hydrogen) atoms. The van der Waals surface area contributed by atoms with E-state index in [9.17, 15) is 9.90 Å². The van der Waals surface area contributed by atoms with E-state index in [-0.39, 0.29) is 11.7 Å². The SMILES string of the molecule is COc1ccc(-c2nc(C)c(C(=O)N/N=C/c3ccc(O)c4ccccc34)s2)cc1. The molecule has 0 radical (unpaired) electrons. The van der Waals surface area contributed by atoms with Crippen molar-refractivity contribution in [2.45, 2.75) is 6.92 Å². The van der Waals surface area contributed by atoms with Gasteiger partial charge in [0.05, 0.1) is 19.0 Å². The highest BCUT2D eigenvalue weighted by Crippen LogP contribution is 2.29. The number of amides is 1. The van der Waals surface area contributed by atoms with Crippen molar-refractivity contribution in [3.63, 3.8) is 0 Å². The fraction of sp³-hybridized carbons (Fsp3) is 0.0870. The van der Waals surface area contributed by atoms with E-state index in [1.165, 1.54) is 11.3 Å². The number of hydrogen-bond acceptors (Lipinski definition) is 6. The number of phenols is 1. The van der Waals surface area contributed by atoms with Crippen LogP contribution in [-0.4, -0.2) is 29.3 Å². The van der Waals surface area contributed by atoms with Crippen LogP contribution in [-0.2, 0) is 0 Å². The molecule has 3 aromatic carbocycles. The van der Waals surface area contributed by atoms with Crippen LogP contribution in [0.5, 0.6) is 11.5 Å². The summed E-state index contributed by atoms with van der Waals surface area (Å²) in [7, 11) is 1.62. The lowest BCUT2D eigenvalue weighted by Gasteiger charge is -2.04. The van der Waals surface area contributed by atoms with Crippen LogP contribution >= 0.6 is 11.3 Å². The summed E-state index contributed by atoms with van der Waals surface area (Å²) >= 11 is 1.31. The predicted molar refractivity (Wildman–Crippen MR) is 120 cm³/mol. The van der Waals surface area contributed by atoms with E-state index in [1.807, 2.05) is 48.5 Å². The Morgan fingerprint density at radius 1 is 1.10 bits per heavy atom. The van der Waals surface area contributed by atoms with Gasteiger partial charge in [0, 0.05) is 16.5 Å². The van der Waals surface area contributed by atoms with Crippen LogP contribution in [0, 0.1) is 6.92 Å². The van der Waals surface area contributed by atoms with Gasteiger partial charge in [-0.25, -0.2) is 10.4 Å². The van der Waals surface area contributed by atoms with Gasteiger partial charge in [0.15, 0.2) is 0 Å². The average Bonchev–Trinajstić information content (AvgIpc) is 3.17. The molecule has 0 aliphatic rings. The zero-order chi connectivity index (χ0) is 21.1. The fourth-order valence-corrected chi connectivity index (χ4v) is 4.06. The van der Waals surface area contributed by atoms with Crippen molar-refractivity contribution in [1.82, 2.24) is 10.4 Å². The van der Waals surface area contributed by atoms with Crippen molar-refractivity contribution in [3.05, 3.63) is 76.8 Å². The second kappa shape index (κ2) is 8.34. The Kier molecular flexibility index (Phi) is 5.45. The Morgan fingerprint density at radius 3 is 2.57 bits per heavy atom. The summed E-state index contributed by atoms with van der Waals surface area (Å²) in [5.74, 6) is 0.656. The molecule has 150 valence electrons. The molecule has 4 aromatic rings. The van der Waals surface area contributed by atoms with Gasteiger partial charge in [0.2, 0.25) is 0 Å². The van der Waals surface area contributed by atoms with E-state index in [2.05, 4.69) is 15.5 Å². The summed E-state index contributed by atoms with van der Waals surface area (Å²) < 4.78 is 5.18. The van der Waals surface area contributed by atoms with Gasteiger partial charge in [-0.3, -0.25) is 4.79 Å². The third-order valence-corrected chi connectivity index (χ3v) is 5.85. The first kappa shape index (κ1) is 19.6. The highest BCUT2D eigenvalue weighted by molar-refractivity contribution is 7.17. The van der Waals surface area contributed by atoms with Crippen LogP contribution in [0.15, 0.2) is 65.8 Å². The summed E-state index contributed by atoms with van der Waals surface area (Å²) in [6, 6.07) is 18.4. The quantitative estimate of drug-likeness (QED) is 0.363. The molecule has 1 amide bonds. The number of nitrogens with one attached hydrogen (secondary N) is 1. The molecule has 0 aliphatic carbocycles. The molecule has 0 saturated heterocycles. The van der Waals surface area contributed by atoms with Crippen molar-refractivity contribution in [2.75, 3.05) is 7.11 Å². The number of fused-ring (bicyclic) bond motifs is 1. The molecule has 0 aliphatic heterocycles. The van der Waals surface area contributed by atoms with Gasteiger partial charge in [-0.05, 0) is 48.7 Å². The standard InChI is InChI=1S/C23H19N3O3S/c1-14-21(30-23(25-14)15-7-10-17(29-2)11-8-15)22(28)26-24-13-16-9-12-20(27)19-6-4-3-5-18(16)19/h3-13,27H,1-2H3,(H,26,28)/b24-13+. The number of rotatable bonds is 5. The van der Waals surface area contributed by atoms with Gasteiger partial charge in [-0.1, -0.05) is 24.3 Å². The number of aryl methyl sites for hydroxylation is 1. The molecule has 0 fully saturated rings. The number of aromatic nitrogens is 1. The number of carbonyl (C=O) groups excluding carboxylic acids is 1. The highest BCUT2D eigenvalue weighted by Gasteiger charge is 2.16. The summed E-state index contributed by atoms with van der Waals surface area (Å²) in [4.78, 5) is 17.6. The van der Waals surface area contributed by atoms with Crippen LogP contribution in [0.1, 0.15) is 20.9 Å². The number of nitrogens with zero attached hydrogens (tertiary/aromatic N) is 2. The second-order valence-corrected chi connectivity index (χ2v) is 7.58. The summed E-state index contributed by atoms with van der Waals surface area (Å²) in [6.45, 7) is 1.80. The summed E-state index contributed by atoms with van der Waals surface area (Å²) in [5, 5.41) is 16.4. The largest absolute Gasteiger partial charge is 0.507 e. The number of ether oxygens (including phenoxy) is 1. The molecular formula is C23H19N3O3S. The number of hydrazone groups is 1. The van der Waals surface area contributed by atoms with Crippen molar-refractivity contribution in [3.8, 4) is 22.1 Å². The number of hydrogen-bond donors (Lipinski definition) is 2. The molecule has 6 nitrogen and oxygen atoms in total. The predicted octanol–water partition coefficient (Wildman–Crippen LogP) is 4.75. The first-order valence-electron chi connectivity index (χ1n) is 9.23. The van der Waals surface area contributed by atoms with Crippen LogP contribution < -0.4 is 10.2 Å². The highest BCUT2D eigenvalue weighted by atomic mass is 32.1. The number of phenolic OH excluding ortho intramolecular Hbond substituents is 1. The number of methoxy groups -OCH3 is 1. The van der Waals surface area contributed by atoms with Gasteiger partial charge in [-0.2, -0.15) is 5.10 Å². The fourth-order valence-electron chi connectivity index (χ4n) is 3.09. The molecule has 1 aromatic heterocycles. The van der Waals surface area contributed by atoms with Crippen molar-refractivity contribution < 1.29 is 14.6 Å². The normalized spacial score (nSPS) is 11.1. The molecule has 2 N–H and O–H groups in total. The second-order valence-electron chi connectivity index (χ2n) is 6.58. The Balaban J connectivity index is 1.52. The van der Waals surface area contributed by atoms with E-state index >= 15 is 0 Å². The maximum Gasteiger partial charge on any atom is 0.283 e. The molecule has 4 rings (SSSR count). The average molecular weight is 417 g/mol. The Hall–Kier alpha value is -3.71. The molecule has 0 bridgehead atoms. The maximum atomic E-state index is 12.6. The molecule has 0 spiro atoms. The zero-order valence-electron chi connectivity index (χ0n) is 16.4. The van der Waals surface area contributed by atoms with E-state index < -0.39 is 0 Å². The van der Waals surface area contributed by atoms with E-state index in [0.29, 0.717) is 10.6 Å². The summed E-state index contributed by atoms with van der Waals surface area (Å²) in [6.07, 6.45) is 1.57. The number of carbonyl (C=O) groups is 1. The number of thiazole rings is 1. The minimum Gasteiger partial charge on any atom is -0.507 e. The summed E-state index contributed by atoms with van der Waals surface area (Å²) in [5.41, 5.74) is 4.93. The van der Waals surface area contributed by atoms with Gasteiger partial charge in [0.1, 0.15) is 21.4 Å². The zero-order valence-corrected chi connectivity index (χ0v) is 17.2. The third-order valence-electron chi connectivity index (χ3n) is 4.64. The van der Waals surface area contributed by atoms with Crippen LogP contribution in [0.25, 0.3) is 21.3 Å². The van der Waals surface area contributed by atoms with Gasteiger partial charge in [-0.15, -0.1) is 11.3 Å². The molecular weight excluding hydrogens is 398 g/mol. The lowest BCUT2D eigenvalue weighted by molar-refractivity contribution is 0.0958. The molecule has 0 unspecified atom stereocenters. The van der Waals surface area contributed by atoms with E-state index in [1.54, 1.807) is 32.4 Å². The van der Waals surface area contributed by atoms with E-state index in [0.717, 1.165) is 32.7 Å². The topological polar surface area (TPSA) is 83.8 Å². The molecule has 7 heteroatoms. The van der Waals surface area contributed by atoms with Crippen LogP contribution in [0.3, 0.4) is 0 Å². The molecule has 0 saturated carbocycles. The van der Waals surface area contributed by atoms with Crippen molar-refractivity contribution in [2.24, 2.45) is 5.10 Å².